The van der Waals surface area contributed by atoms with E-state index in [2.05, 4.69) is 8.92 Å². The van der Waals surface area contributed by atoms with Crippen molar-refractivity contribution in [2.75, 3.05) is 7.11 Å². The summed E-state index contributed by atoms with van der Waals surface area (Å²) in [4.78, 5) is 12.0. The molecule has 152 valence electrons. The predicted molar refractivity (Wildman–Crippen MR) is 101 cm³/mol. The fourth-order valence-corrected chi connectivity index (χ4v) is 3.18. The molecule has 0 atom stereocenters. The maximum Gasteiger partial charge on any atom is 0.534 e. The molecule has 0 saturated carbocycles. The van der Waals surface area contributed by atoms with Crippen molar-refractivity contribution in [3.8, 4) is 16.9 Å². The summed E-state index contributed by atoms with van der Waals surface area (Å²) in [7, 11) is -4.92. The predicted octanol–water partition coefficient (Wildman–Crippen LogP) is 4.83. The number of alkyl halides is 3. The normalized spacial score (nSPS) is 12.0. The molecule has 0 N–H and O–H groups in total. The number of rotatable bonds is 4. The molecule has 0 aromatic heterocycles. The third-order valence-electron chi connectivity index (χ3n) is 4.21. The molecule has 0 unspecified atom stereocenters. The Kier molecular flexibility index (Phi) is 5.27. The van der Waals surface area contributed by atoms with Gasteiger partial charge in [-0.3, -0.25) is 0 Å². The second-order valence-corrected chi connectivity index (χ2v) is 7.79. The van der Waals surface area contributed by atoms with Crippen molar-refractivity contribution in [2.24, 2.45) is 0 Å². The number of esters is 1. The Morgan fingerprint density at radius 3 is 2.10 bits per heavy atom. The van der Waals surface area contributed by atoms with Crippen molar-refractivity contribution in [3.05, 3.63) is 65.7 Å². The van der Waals surface area contributed by atoms with Crippen molar-refractivity contribution in [3.63, 3.8) is 0 Å². The fourth-order valence-electron chi connectivity index (χ4n) is 2.71. The number of carbonyl (C=O) groups is 1. The van der Waals surface area contributed by atoms with Crippen LogP contribution in [0.5, 0.6) is 5.75 Å². The summed E-state index contributed by atoms with van der Waals surface area (Å²) < 4.78 is 69.6. The second kappa shape index (κ2) is 7.40. The highest BCUT2D eigenvalue weighted by Crippen LogP contribution is 2.34. The van der Waals surface area contributed by atoms with Gasteiger partial charge in [0.05, 0.1) is 7.11 Å². The van der Waals surface area contributed by atoms with Crippen LogP contribution in [0.2, 0.25) is 0 Å². The SMILES string of the molecule is COC(=O)c1cc2cc(-c3ccc(C)cc3)ccc2cc1OS(=O)(=O)C(F)(F)F. The van der Waals surface area contributed by atoms with E-state index in [1.165, 1.54) is 6.07 Å². The lowest BCUT2D eigenvalue weighted by Gasteiger charge is -2.14. The molecule has 3 aromatic carbocycles. The number of carbonyl (C=O) groups excluding carboxylic acids is 1. The van der Waals surface area contributed by atoms with Gasteiger partial charge in [-0.05, 0) is 47.0 Å². The van der Waals surface area contributed by atoms with E-state index >= 15 is 0 Å². The molecule has 0 aliphatic heterocycles. The maximum absolute atomic E-state index is 12.7. The van der Waals surface area contributed by atoms with E-state index in [1.54, 1.807) is 18.2 Å². The van der Waals surface area contributed by atoms with Crippen LogP contribution in [0.15, 0.2) is 54.6 Å². The van der Waals surface area contributed by atoms with Crippen molar-refractivity contribution >= 4 is 26.9 Å². The number of halogens is 3. The number of benzene rings is 3. The highest BCUT2D eigenvalue weighted by Gasteiger charge is 2.49. The van der Waals surface area contributed by atoms with Crippen LogP contribution in [0.3, 0.4) is 0 Å². The first kappa shape index (κ1) is 20.7. The summed E-state index contributed by atoms with van der Waals surface area (Å²) in [6.45, 7) is 1.95. The summed E-state index contributed by atoms with van der Waals surface area (Å²) in [6, 6.07) is 15.0. The summed E-state index contributed by atoms with van der Waals surface area (Å²) in [6.07, 6.45) is 0. The van der Waals surface area contributed by atoms with E-state index in [4.69, 9.17) is 0 Å². The van der Waals surface area contributed by atoms with E-state index in [0.29, 0.717) is 10.8 Å². The van der Waals surface area contributed by atoms with Gasteiger partial charge in [-0.1, -0.05) is 42.0 Å². The first-order valence-electron chi connectivity index (χ1n) is 8.26. The van der Waals surface area contributed by atoms with Gasteiger partial charge in [0.25, 0.3) is 0 Å². The van der Waals surface area contributed by atoms with Crippen LogP contribution in [0.4, 0.5) is 13.2 Å². The molecule has 0 aliphatic rings. The summed E-state index contributed by atoms with van der Waals surface area (Å²) in [5.74, 6) is -1.79. The summed E-state index contributed by atoms with van der Waals surface area (Å²) >= 11 is 0. The van der Waals surface area contributed by atoms with Crippen molar-refractivity contribution in [2.45, 2.75) is 12.4 Å². The summed E-state index contributed by atoms with van der Waals surface area (Å²) in [5, 5.41) is 0.890. The number of fused-ring (bicyclic) bond motifs is 1. The van der Waals surface area contributed by atoms with Gasteiger partial charge >= 0.3 is 21.6 Å². The van der Waals surface area contributed by atoms with Crippen molar-refractivity contribution in [1.29, 1.82) is 0 Å². The van der Waals surface area contributed by atoms with Gasteiger partial charge in [0, 0.05) is 0 Å². The zero-order valence-electron chi connectivity index (χ0n) is 15.3. The molecule has 0 amide bonds. The van der Waals surface area contributed by atoms with E-state index in [0.717, 1.165) is 29.9 Å². The molecule has 0 spiro atoms. The van der Waals surface area contributed by atoms with Gasteiger partial charge in [-0.2, -0.15) is 21.6 Å². The zero-order valence-corrected chi connectivity index (χ0v) is 16.1. The summed E-state index contributed by atoms with van der Waals surface area (Å²) in [5.41, 5.74) is -3.28. The highest BCUT2D eigenvalue weighted by molar-refractivity contribution is 7.88. The molecule has 0 saturated heterocycles. The topological polar surface area (TPSA) is 69.7 Å². The molecule has 3 rings (SSSR count). The first-order chi connectivity index (χ1) is 13.5. The molecule has 0 bridgehead atoms. The molecule has 0 heterocycles. The molecule has 0 radical (unpaired) electrons. The lowest BCUT2D eigenvalue weighted by molar-refractivity contribution is -0.0500. The smallest absolute Gasteiger partial charge is 0.465 e. The first-order valence-corrected chi connectivity index (χ1v) is 9.66. The van der Waals surface area contributed by atoms with Crippen molar-refractivity contribution < 1.29 is 35.3 Å². The number of ether oxygens (including phenoxy) is 1. The minimum atomic E-state index is -5.95. The number of hydrogen-bond donors (Lipinski definition) is 0. The Morgan fingerprint density at radius 2 is 1.52 bits per heavy atom. The van der Waals surface area contributed by atoms with Gasteiger partial charge in [-0.15, -0.1) is 0 Å². The lowest BCUT2D eigenvalue weighted by atomic mass is 9.99. The lowest BCUT2D eigenvalue weighted by Crippen LogP contribution is -2.28. The van der Waals surface area contributed by atoms with Crippen LogP contribution in [0.1, 0.15) is 15.9 Å². The maximum atomic E-state index is 12.7. The molecule has 0 fully saturated rings. The van der Waals surface area contributed by atoms with Gasteiger partial charge < -0.3 is 8.92 Å². The Bertz CT molecular complexity index is 1180. The molecular weight excluding hydrogens is 409 g/mol. The Balaban J connectivity index is 2.14. The highest BCUT2D eigenvalue weighted by atomic mass is 32.2. The average molecular weight is 424 g/mol. The minimum Gasteiger partial charge on any atom is -0.465 e. The third kappa shape index (κ3) is 4.19. The zero-order chi connectivity index (χ0) is 21.4. The van der Waals surface area contributed by atoms with Crippen LogP contribution >= 0.6 is 0 Å². The van der Waals surface area contributed by atoms with Gasteiger partial charge in [-0.25, -0.2) is 4.79 Å². The second-order valence-electron chi connectivity index (χ2n) is 6.25. The van der Waals surface area contributed by atoms with Gasteiger partial charge in [0.15, 0.2) is 5.75 Å². The van der Waals surface area contributed by atoms with E-state index < -0.39 is 32.9 Å². The average Bonchev–Trinajstić information content (AvgIpc) is 2.66. The number of hydrogen-bond acceptors (Lipinski definition) is 5. The Hall–Kier alpha value is -3.07. The van der Waals surface area contributed by atoms with Crippen LogP contribution in [0.25, 0.3) is 21.9 Å². The molecule has 9 heteroatoms. The number of aryl methyl sites for hydroxylation is 1. The van der Waals surface area contributed by atoms with E-state index in [1.807, 2.05) is 31.2 Å². The molecule has 5 nitrogen and oxygen atoms in total. The quantitative estimate of drug-likeness (QED) is 0.341. The molecular formula is C20H15F3O5S. The largest absolute Gasteiger partial charge is 0.534 e. The molecule has 29 heavy (non-hydrogen) atoms. The third-order valence-corrected chi connectivity index (χ3v) is 5.18. The van der Waals surface area contributed by atoms with Gasteiger partial charge in [0.2, 0.25) is 0 Å². The van der Waals surface area contributed by atoms with E-state index in [9.17, 15) is 26.4 Å². The molecule has 3 aromatic rings. The fraction of sp³-hybridized carbons (Fsp3) is 0.150. The van der Waals surface area contributed by atoms with Crippen LogP contribution in [-0.2, 0) is 14.9 Å². The van der Waals surface area contributed by atoms with Crippen molar-refractivity contribution in [1.82, 2.24) is 0 Å². The molecule has 0 aliphatic carbocycles. The monoisotopic (exact) mass is 424 g/mol. The number of methoxy groups -OCH3 is 1. The Morgan fingerprint density at radius 1 is 0.897 bits per heavy atom. The Labute approximate surface area is 164 Å². The van der Waals surface area contributed by atoms with E-state index in [-0.39, 0.29) is 0 Å². The van der Waals surface area contributed by atoms with Crippen LogP contribution in [0, 0.1) is 6.92 Å². The minimum absolute atomic E-state index is 0.390. The van der Waals surface area contributed by atoms with Crippen LogP contribution < -0.4 is 4.18 Å². The van der Waals surface area contributed by atoms with Crippen LogP contribution in [-0.4, -0.2) is 27.0 Å². The standard InChI is InChI=1S/C20H15F3O5S/c1-12-3-5-13(6-4-12)14-7-8-15-11-18(28-29(25,26)20(21,22)23)17(19(24)27-2)10-16(15)9-14/h3-11H,1-2H3. The van der Waals surface area contributed by atoms with Gasteiger partial charge in [0.1, 0.15) is 5.56 Å².